The van der Waals surface area contributed by atoms with Gasteiger partial charge in [-0.15, -0.1) is 0 Å². The third-order valence-electron chi connectivity index (χ3n) is 2.14. The summed E-state index contributed by atoms with van der Waals surface area (Å²) in [5.74, 6) is 4.61. The van der Waals surface area contributed by atoms with Gasteiger partial charge in [0.05, 0.1) is 12.9 Å². The number of rotatable bonds is 3. The Labute approximate surface area is 80.2 Å². The Morgan fingerprint density at radius 1 is 1.36 bits per heavy atom. The molecule has 0 saturated heterocycles. The van der Waals surface area contributed by atoms with Gasteiger partial charge in [0.2, 0.25) is 0 Å². The van der Waals surface area contributed by atoms with E-state index < -0.39 is 0 Å². The van der Waals surface area contributed by atoms with Crippen LogP contribution in [0.1, 0.15) is 5.56 Å². The lowest BCUT2D eigenvalue weighted by atomic mass is 10.1. The molecule has 1 heterocycles. The number of halogens is 1. The van der Waals surface area contributed by atoms with Crippen LogP contribution in [0.25, 0.3) is 11.0 Å². The Hall–Kier alpha value is -1.39. The summed E-state index contributed by atoms with van der Waals surface area (Å²) in [6.07, 6.45) is 1.95. The number of benzene rings is 1. The van der Waals surface area contributed by atoms with E-state index in [0.717, 1.165) is 5.39 Å². The van der Waals surface area contributed by atoms with Crippen LogP contribution in [0.5, 0.6) is 0 Å². The molecule has 0 spiro atoms. The van der Waals surface area contributed by atoms with Crippen molar-refractivity contribution in [3.8, 4) is 0 Å². The normalized spacial score (nSPS) is 11.0. The van der Waals surface area contributed by atoms with Crippen LogP contribution in [0, 0.1) is 5.82 Å². The zero-order valence-electron chi connectivity index (χ0n) is 7.50. The highest BCUT2D eigenvalue weighted by Crippen LogP contribution is 2.22. The molecule has 1 aromatic carbocycles. The summed E-state index contributed by atoms with van der Waals surface area (Å²) >= 11 is 0. The van der Waals surface area contributed by atoms with Crippen molar-refractivity contribution in [2.75, 3.05) is 6.61 Å². The van der Waals surface area contributed by atoms with Crippen LogP contribution in [0.2, 0.25) is 0 Å². The topological polar surface area (TPSA) is 48.4 Å². The van der Waals surface area contributed by atoms with E-state index in [2.05, 4.69) is 4.84 Å². The van der Waals surface area contributed by atoms with E-state index in [0.29, 0.717) is 17.6 Å². The second-order valence-corrected chi connectivity index (χ2v) is 2.99. The van der Waals surface area contributed by atoms with Crippen molar-refractivity contribution in [2.24, 2.45) is 5.90 Å². The first-order valence-corrected chi connectivity index (χ1v) is 4.29. The first-order chi connectivity index (χ1) is 6.83. The second-order valence-electron chi connectivity index (χ2n) is 2.99. The third kappa shape index (κ3) is 1.49. The quantitative estimate of drug-likeness (QED) is 0.762. The van der Waals surface area contributed by atoms with Gasteiger partial charge in [0.15, 0.2) is 0 Å². The van der Waals surface area contributed by atoms with Crippen molar-refractivity contribution in [1.82, 2.24) is 0 Å². The van der Waals surface area contributed by atoms with Crippen LogP contribution in [0.4, 0.5) is 4.39 Å². The number of fused-ring (bicyclic) bond motifs is 1. The van der Waals surface area contributed by atoms with E-state index >= 15 is 0 Å². The Bertz CT molecular complexity index is 439. The van der Waals surface area contributed by atoms with Gasteiger partial charge in [0.25, 0.3) is 0 Å². The predicted octanol–water partition coefficient (Wildman–Crippen LogP) is 2.00. The van der Waals surface area contributed by atoms with E-state index in [1.54, 1.807) is 12.1 Å². The molecule has 0 aliphatic heterocycles. The molecule has 3 nitrogen and oxygen atoms in total. The lowest BCUT2D eigenvalue weighted by molar-refractivity contribution is 0.140. The molecule has 0 radical (unpaired) electrons. The molecular formula is C10H10FNO2. The summed E-state index contributed by atoms with van der Waals surface area (Å²) in [5.41, 5.74) is 1.08. The van der Waals surface area contributed by atoms with Crippen molar-refractivity contribution >= 4 is 11.0 Å². The van der Waals surface area contributed by atoms with Gasteiger partial charge in [0.1, 0.15) is 11.4 Å². The Kier molecular flexibility index (Phi) is 2.47. The average molecular weight is 195 g/mol. The Morgan fingerprint density at radius 3 is 3.00 bits per heavy atom. The number of hydrogen-bond donors (Lipinski definition) is 1. The smallest absolute Gasteiger partial charge is 0.140 e. The van der Waals surface area contributed by atoms with Crippen LogP contribution in [-0.2, 0) is 11.3 Å². The summed E-state index contributed by atoms with van der Waals surface area (Å²) in [4.78, 5) is 4.42. The highest BCUT2D eigenvalue weighted by atomic mass is 19.1. The van der Waals surface area contributed by atoms with Crippen molar-refractivity contribution in [3.05, 3.63) is 35.8 Å². The number of nitrogens with two attached hydrogens (primary N) is 1. The van der Waals surface area contributed by atoms with Gasteiger partial charge in [0, 0.05) is 17.4 Å². The van der Waals surface area contributed by atoms with E-state index in [1.807, 2.05) is 0 Å². The highest BCUT2D eigenvalue weighted by molar-refractivity contribution is 5.80. The first-order valence-electron chi connectivity index (χ1n) is 4.29. The summed E-state index contributed by atoms with van der Waals surface area (Å²) in [5, 5.41) is 0.887. The fraction of sp³-hybridized carbons (Fsp3) is 0.200. The molecule has 0 unspecified atom stereocenters. The Balaban J connectivity index is 2.47. The average Bonchev–Trinajstić information content (AvgIpc) is 2.64. The largest absolute Gasteiger partial charge is 0.464 e. The minimum absolute atomic E-state index is 0.275. The predicted molar refractivity (Wildman–Crippen MR) is 50.0 cm³/mol. The molecule has 0 fully saturated rings. The monoisotopic (exact) mass is 195 g/mol. The molecule has 4 heteroatoms. The minimum atomic E-state index is -0.287. The van der Waals surface area contributed by atoms with Gasteiger partial charge in [-0.2, -0.15) is 0 Å². The fourth-order valence-corrected chi connectivity index (χ4v) is 1.46. The number of furan rings is 1. The third-order valence-corrected chi connectivity index (χ3v) is 2.14. The maximum absolute atomic E-state index is 13.4. The van der Waals surface area contributed by atoms with Crippen LogP contribution < -0.4 is 5.90 Å². The highest BCUT2D eigenvalue weighted by Gasteiger charge is 2.09. The molecule has 74 valence electrons. The zero-order valence-corrected chi connectivity index (χ0v) is 7.50. The van der Waals surface area contributed by atoms with Crippen molar-refractivity contribution in [3.63, 3.8) is 0 Å². The second kappa shape index (κ2) is 3.77. The maximum atomic E-state index is 13.4. The molecule has 14 heavy (non-hydrogen) atoms. The van der Waals surface area contributed by atoms with Gasteiger partial charge in [-0.3, -0.25) is 0 Å². The standard InChI is InChI=1S/C10H10FNO2/c11-9-2-1-7-3-5-13-10(7)8(9)4-6-14-12/h1-3,5H,4,6,12H2. The van der Waals surface area contributed by atoms with Gasteiger partial charge in [-0.05, 0) is 18.2 Å². The van der Waals surface area contributed by atoms with E-state index in [-0.39, 0.29) is 12.4 Å². The fourth-order valence-electron chi connectivity index (χ4n) is 1.46. The molecule has 0 aliphatic rings. The molecule has 2 rings (SSSR count). The summed E-state index contributed by atoms with van der Waals surface area (Å²) in [6.45, 7) is 0.275. The van der Waals surface area contributed by atoms with Gasteiger partial charge in [-0.1, -0.05) is 0 Å². The molecular weight excluding hydrogens is 185 g/mol. The molecule has 0 aliphatic carbocycles. The van der Waals surface area contributed by atoms with Gasteiger partial charge < -0.3 is 9.25 Å². The molecule has 0 amide bonds. The van der Waals surface area contributed by atoms with Crippen molar-refractivity contribution < 1.29 is 13.6 Å². The SMILES string of the molecule is NOCCc1c(F)ccc2ccoc12. The Morgan fingerprint density at radius 2 is 2.21 bits per heavy atom. The van der Waals surface area contributed by atoms with E-state index in [9.17, 15) is 4.39 Å². The van der Waals surface area contributed by atoms with E-state index in [1.165, 1.54) is 12.3 Å². The lowest BCUT2D eigenvalue weighted by Crippen LogP contribution is -2.05. The van der Waals surface area contributed by atoms with Gasteiger partial charge in [-0.25, -0.2) is 10.3 Å². The zero-order chi connectivity index (χ0) is 9.97. The molecule has 0 saturated carbocycles. The first kappa shape index (κ1) is 9.18. The van der Waals surface area contributed by atoms with Crippen LogP contribution >= 0.6 is 0 Å². The maximum Gasteiger partial charge on any atom is 0.140 e. The number of hydrogen-bond acceptors (Lipinski definition) is 3. The van der Waals surface area contributed by atoms with E-state index in [4.69, 9.17) is 10.3 Å². The van der Waals surface area contributed by atoms with Crippen LogP contribution in [-0.4, -0.2) is 6.61 Å². The summed E-state index contributed by atoms with van der Waals surface area (Å²) in [6, 6.07) is 4.90. The molecule has 2 aromatic rings. The van der Waals surface area contributed by atoms with Crippen molar-refractivity contribution in [1.29, 1.82) is 0 Å². The van der Waals surface area contributed by atoms with Crippen LogP contribution in [0.15, 0.2) is 28.9 Å². The summed E-state index contributed by atoms with van der Waals surface area (Å²) in [7, 11) is 0. The minimum Gasteiger partial charge on any atom is -0.464 e. The molecule has 2 N–H and O–H groups in total. The molecule has 0 bridgehead atoms. The molecule has 0 atom stereocenters. The molecule has 1 aromatic heterocycles. The lowest BCUT2D eigenvalue weighted by Gasteiger charge is -2.02. The van der Waals surface area contributed by atoms with Crippen molar-refractivity contribution in [2.45, 2.75) is 6.42 Å². The van der Waals surface area contributed by atoms with Gasteiger partial charge >= 0.3 is 0 Å². The summed E-state index contributed by atoms with van der Waals surface area (Å²) < 4.78 is 18.6. The van der Waals surface area contributed by atoms with Crippen LogP contribution in [0.3, 0.4) is 0 Å².